The van der Waals surface area contributed by atoms with Crippen LogP contribution < -0.4 is 0 Å². The fourth-order valence-corrected chi connectivity index (χ4v) is 1.45. The van der Waals surface area contributed by atoms with Gasteiger partial charge >= 0.3 is 0 Å². The summed E-state index contributed by atoms with van der Waals surface area (Å²) in [5, 5.41) is 0.811. The first kappa shape index (κ1) is 7.98. The summed E-state index contributed by atoms with van der Waals surface area (Å²) in [6.07, 6.45) is 2.30. The lowest BCUT2D eigenvalue weighted by atomic mass is 10.1. The molecule has 2 aromatic rings. The van der Waals surface area contributed by atoms with Gasteiger partial charge in [0.25, 0.3) is 0 Å². The molecule has 13 heavy (non-hydrogen) atoms. The van der Waals surface area contributed by atoms with Crippen LogP contribution in [-0.2, 0) is 7.05 Å². The van der Waals surface area contributed by atoms with Crippen molar-refractivity contribution in [1.29, 1.82) is 0 Å². The third-order valence-electron chi connectivity index (χ3n) is 2.13. The third kappa shape index (κ3) is 1.04. The normalized spacial score (nSPS) is 10.6. The van der Waals surface area contributed by atoms with Crippen molar-refractivity contribution < 1.29 is 9.18 Å². The van der Waals surface area contributed by atoms with Crippen molar-refractivity contribution in [3.63, 3.8) is 0 Å². The van der Waals surface area contributed by atoms with Gasteiger partial charge in [-0.1, -0.05) is 6.07 Å². The minimum Gasteiger partial charge on any atom is -0.348 e. The van der Waals surface area contributed by atoms with Crippen molar-refractivity contribution >= 4 is 17.2 Å². The molecule has 0 aliphatic carbocycles. The molecule has 0 radical (unpaired) electrons. The Balaban J connectivity index is 2.91. The second-order valence-corrected chi connectivity index (χ2v) is 2.95. The number of nitrogens with zero attached hydrogens (tertiary/aromatic N) is 1. The number of carbonyl (C=O) groups excluding carboxylic acids is 1. The SMILES string of the molecule is Cn1ccc2ccc(C=O)c(F)c21. The van der Waals surface area contributed by atoms with E-state index < -0.39 is 5.82 Å². The number of benzene rings is 1. The van der Waals surface area contributed by atoms with E-state index in [0.717, 1.165) is 5.39 Å². The van der Waals surface area contributed by atoms with Gasteiger partial charge in [0, 0.05) is 18.6 Å². The van der Waals surface area contributed by atoms with E-state index in [-0.39, 0.29) is 5.56 Å². The van der Waals surface area contributed by atoms with Gasteiger partial charge in [0.2, 0.25) is 0 Å². The molecule has 3 heteroatoms. The smallest absolute Gasteiger partial charge is 0.157 e. The Morgan fingerprint density at radius 2 is 2.15 bits per heavy atom. The molecule has 0 aliphatic rings. The molecule has 0 atom stereocenters. The molecular formula is C10H8FNO. The Kier molecular flexibility index (Phi) is 1.65. The van der Waals surface area contributed by atoms with Crippen LogP contribution in [0, 0.1) is 5.82 Å². The van der Waals surface area contributed by atoms with Crippen molar-refractivity contribution in [2.45, 2.75) is 0 Å². The third-order valence-corrected chi connectivity index (χ3v) is 2.13. The number of rotatable bonds is 1. The van der Waals surface area contributed by atoms with E-state index in [1.165, 1.54) is 6.07 Å². The maximum atomic E-state index is 13.5. The van der Waals surface area contributed by atoms with Crippen molar-refractivity contribution in [2.24, 2.45) is 7.05 Å². The fourth-order valence-electron chi connectivity index (χ4n) is 1.45. The first-order valence-electron chi connectivity index (χ1n) is 3.93. The molecule has 0 saturated carbocycles. The second kappa shape index (κ2) is 2.69. The lowest BCUT2D eigenvalue weighted by molar-refractivity contribution is 0.112. The average Bonchev–Trinajstić information content (AvgIpc) is 2.49. The van der Waals surface area contributed by atoms with E-state index >= 15 is 0 Å². The lowest BCUT2D eigenvalue weighted by Crippen LogP contribution is -1.93. The number of carbonyl (C=O) groups is 1. The number of aryl methyl sites for hydroxylation is 1. The van der Waals surface area contributed by atoms with Crippen LogP contribution in [-0.4, -0.2) is 10.9 Å². The molecule has 1 aromatic heterocycles. The van der Waals surface area contributed by atoms with E-state index in [2.05, 4.69) is 0 Å². The van der Waals surface area contributed by atoms with Gasteiger partial charge in [0.05, 0.1) is 11.1 Å². The number of aromatic nitrogens is 1. The summed E-state index contributed by atoms with van der Waals surface area (Å²) in [6.45, 7) is 0. The molecule has 0 N–H and O–H groups in total. The molecule has 0 fully saturated rings. The lowest BCUT2D eigenvalue weighted by Gasteiger charge is -1.99. The molecule has 66 valence electrons. The summed E-state index contributed by atoms with van der Waals surface area (Å²) in [6, 6.07) is 5.04. The Morgan fingerprint density at radius 1 is 1.38 bits per heavy atom. The standard InChI is InChI=1S/C10H8FNO/c1-12-5-4-7-2-3-8(6-13)9(11)10(7)12/h2-6H,1H3. The molecule has 0 bridgehead atoms. The number of halogens is 1. The van der Waals surface area contributed by atoms with Crippen molar-refractivity contribution in [3.05, 3.63) is 35.8 Å². The minimum atomic E-state index is -0.444. The van der Waals surface area contributed by atoms with Crippen molar-refractivity contribution in [3.8, 4) is 0 Å². The molecule has 0 unspecified atom stereocenters. The van der Waals surface area contributed by atoms with Crippen LogP contribution >= 0.6 is 0 Å². The molecule has 0 aliphatic heterocycles. The average molecular weight is 177 g/mol. The molecule has 0 amide bonds. The number of hydrogen-bond acceptors (Lipinski definition) is 1. The highest BCUT2D eigenvalue weighted by Gasteiger charge is 2.08. The van der Waals surface area contributed by atoms with Crippen LogP contribution in [0.3, 0.4) is 0 Å². The van der Waals surface area contributed by atoms with E-state index in [9.17, 15) is 9.18 Å². The van der Waals surface area contributed by atoms with Crippen LogP contribution in [0.25, 0.3) is 10.9 Å². The van der Waals surface area contributed by atoms with Gasteiger partial charge in [-0.25, -0.2) is 4.39 Å². The van der Waals surface area contributed by atoms with E-state index in [1.807, 2.05) is 6.07 Å². The Bertz CT molecular complexity index is 473. The topological polar surface area (TPSA) is 22.0 Å². The molecular weight excluding hydrogens is 169 g/mol. The van der Waals surface area contributed by atoms with Crippen LogP contribution in [0.15, 0.2) is 24.4 Å². The first-order valence-corrected chi connectivity index (χ1v) is 3.93. The zero-order valence-corrected chi connectivity index (χ0v) is 7.12. The monoisotopic (exact) mass is 177 g/mol. The number of hydrogen-bond donors (Lipinski definition) is 0. The van der Waals surface area contributed by atoms with Crippen molar-refractivity contribution in [1.82, 2.24) is 4.57 Å². The maximum Gasteiger partial charge on any atom is 0.157 e. The summed E-state index contributed by atoms with van der Waals surface area (Å²) in [4.78, 5) is 10.5. The van der Waals surface area contributed by atoms with Gasteiger partial charge in [-0.2, -0.15) is 0 Å². The summed E-state index contributed by atoms with van der Waals surface area (Å²) >= 11 is 0. The zero-order valence-electron chi connectivity index (χ0n) is 7.12. The molecule has 2 nitrogen and oxygen atoms in total. The molecule has 1 aromatic carbocycles. The van der Waals surface area contributed by atoms with Gasteiger partial charge in [0.15, 0.2) is 12.1 Å². The van der Waals surface area contributed by atoms with Crippen LogP contribution in [0.2, 0.25) is 0 Å². The predicted octanol–water partition coefficient (Wildman–Crippen LogP) is 2.13. The predicted molar refractivity (Wildman–Crippen MR) is 48.3 cm³/mol. The van der Waals surface area contributed by atoms with Gasteiger partial charge in [-0.15, -0.1) is 0 Å². The summed E-state index contributed by atoms with van der Waals surface area (Å²) < 4.78 is 15.2. The molecule has 2 rings (SSSR count). The minimum absolute atomic E-state index is 0.106. The Hall–Kier alpha value is -1.64. The number of fused-ring (bicyclic) bond motifs is 1. The maximum absolute atomic E-state index is 13.5. The second-order valence-electron chi connectivity index (χ2n) is 2.95. The molecule has 0 spiro atoms. The summed E-state index contributed by atoms with van der Waals surface area (Å²) in [5.74, 6) is -0.444. The Labute approximate surface area is 74.6 Å². The van der Waals surface area contributed by atoms with Crippen molar-refractivity contribution in [2.75, 3.05) is 0 Å². The van der Waals surface area contributed by atoms with E-state index in [4.69, 9.17) is 0 Å². The quantitative estimate of drug-likeness (QED) is 0.611. The van der Waals surface area contributed by atoms with Crippen LogP contribution in [0.1, 0.15) is 10.4 Å². The van der Waals surface area contributed by atoms with Gasteiger partial charge < -0.3 is 4.57 Å². The van der Waals surface area contributed by atoms with Gasteiger partial charge in [-0.05, 0) is 12.1 Å². The van der Waals surface area contributed by atoms with E-state index in [0.29, 0.717) is 11.8 Å². The first-order chi connectivity index (χ1) is 6.24. The van der Waals surface area contributed by atoms with Gasteiger partial charge in [0.1, 0.15) is 0 Å². The van der Waals surface area contributed by atoms with Gasteiger partial charge in [-0.3, -0.25) is 4.79 Å². The number of aldehydes is 1. The highest BCUT2D eigenvalue weighted by molar-refractivity contribution is 5.88. The molecule has 0 saturated heterocycles. The molecule has 1 heterocycles. The highest BCUT2D eigenvalue weighted by atomic mass is 19.1. The van der Waals surface area contributed by atoms with E-state index in [1.54, 1.807) is 23.9 Å². The Morgan fingerprint density at radius 3 is 2.85 bits per heavy atom. The zero-order chi connectivity index (χ0) is 9.42. The fraction of sp³-hybridized carbons (Fsp3) is 0.100. The van der Waals surface area contributed by atoms with Crippen LogP contribution in [0.5, 0.6) is 0 Å². The summed E-state index contributed by atoms with van der Waals surface area (Å²) in [7, 11) is 1.75. The highest BCUT2D eigenvalue weighted by Crippen LogP contribution is 2.20. The summed E-state index contributed by atoms with van der Waals surface area (Å²) in [5.41, 5.74) is 0.582. The van der Waals surface area contributed by atoms with Crippen LogP contribution in [0.4, 0.5) is 4.39 Å². The largest absolute Gasteiger partial charge is 0.348 e.